The van der Waals surface area contributed by atoms with Crippen LogP contribution in [0.25, 0.3) is 0 Å². The zero-order chi connectivity index (χ0) is 13.0. The zero-order valence-corrected chi connectivity index (χ0v) is 10.4. The highest BCUT2D eigenvalue weighted by Gasteiger charge is 2.25. The average Bonchev–Trinajstić information content (AvgIpc) is 2.31. The Labute approximate surface area is 101 Å². The molecule has 0 saturated heterocycles. The lowest BCUT2D eigenvalue weighted by molar-refractivity contribution is -0.143. The van der Waals surface area contributed by atoms with Crippen molar-refractivity contribution in [3.8, 4) is 0 Å². The molecule has 2 unspecified atom stereocenters. The molecule has 0 heterocycles. The lowest BCUT2D eigenvalue weighted by Crippen LogP contribution is -2.38. The van der Waals surface area contributed by atoms with Crippen LogP contribution in [0, 0.1) is 5.82 Å². The number of benzene rings is 1. The number of hydrogen-bond acceptors (Lipinski definition) is 2. The molecule has 2 atom stereocenters. The third-order valence-corrected chi connectivity index (χ3v) is 3.11. The fourth-order valence-corrected chi connectivity index (χ4v) is 1.92. The van der Waals surface area contributed by atoms with Crippen molar-refractivity contribution in [2.45, 2.75) is 32.4 Å². The smallest absolute Gasteiger partial charge is 0.320 e. The van der Waals surface area contributed by atoms with Gasteiger partial charge in [0.2, 0.25) is 0 Å². The van der Waals surface area contributed by atoms with Crippen LogP contribution in [0.2, 0.25) is 0 Å². The molecule has 0 aliphatic carbocycles. The van der Waals surface area contributed by atoms with Gasteiger partial charge < -0.3 is 5.11 Å². The fourth-order valence-electron chi connectivity index (χ4n) is 1.92. The van der Waals surface area contributed by atoms with E-state index in [1.807, 2.05) is 6.92 Å². The lowest BCUT2D eigenvalue weighted by atomic mass is 10.0. The molecule has 0 bridgehead atoms. The first-order valence-electron chi connectivity index (χ1n) is 5.68. The highest BCUT2D eigenvalue weighted by atomic mass is 19.1. The second-order valence-corrected chi connectivity index (χ2v) is 4.13. The molecule has 1 rings (SSSR count). The Bertz CT molecular complexity index is 395. The highest BCUT2D eigenvalue weighted by Crippen LogP contribution is 2.26. The van der Waals surface area contributed by atoms with Crippen molar-refractivity contribution >= 4 is 5.97 Å². The summed E-state index contributed by atoms with van der Waals surface area (Å²) in [6.07, 6.45) is 0.662. The first-order chi connectivity index (χ1) is 7.99. The molecule has 0 saturated carbocycles. The van der Waals surface area contributed by atoms with Crippen LogP contribution in [0.3, 0.4) is 0 Å². The molecule has 0 spiro atoms. The van der Waals surface area contributed by atoms with Crippen molar-refractivity contribution in [1.82, 2.24) is 4.90 Å². The molecule has 94 valence electrons. The van der Waals surface area contributed by atoms with Gasteiger partial charge in [-0.2, -0.15) is 0 Å². The fraction of sp³-hybridized carbons (Fsp3) is 0.462. The molecule has 0 amide bonds. The summed E-state index contributed by atoms with van der Waals surface area (Å²) in [4.78, 5) is 12.6. The van der Waals surface area contributed by atoms with E-state index < -0.39 is 12.0 Å². The van der Waals surface area contributed by atoms with Crippen LogP contribution in [-0.2, 0) is 4.79 Å². The van der Waals surface area contributed by atoms with E-state index in [0.29, 0.717) is 12.0 Å². The van der Waals surface area contributed by atoms with Crippen LogP contribution in [0.5, 0.6) is 0 Å². The van der Waals surface area contributed by atoms with Gasteiger partial charge in [-0.1, -0.05) is 25.1 Å². The van der Waals surface area contributed by atoms with E-state index in [4.69, 9.17) is 5.11 Å². The number of carbonyl (C=O) groups is 1. The van der Waals surface area contributed by atoms with Gasteiger partial charge in [-0.25, -0.2) is 4.39 Å². The van der Waals surface area contributed by atoms with E-state index in [2.05, 4.69) is 0 Å². The molecule has 1 aromatic carbocycles. The molecule has 0 aromatic heterocycles. The summed E-state index contributed by atoms with van der Waals surface area (Å²) in [6, 6.07) is 5.64. The van der Waals surface area contributed by atoms with Gasteiger partial charge in [0, 0.05) is 11.6 Å². The zero-order valence-electron chi connectivity index (χ0n) is 10.4. The molecule has 0 radical (unpaired) electrons. The molecular formula is C13H18FNO2. The summed E-state index contributed by atoms with van der Waals surface area (Å²) in [5.74, 6) is -1.19. The van der Waals surface area contributed by atoms with Crippen LogP contribution >= 0.6 is 0 Å². The topological polar surface area (TPSA) is 40.5 Å². The van der Waals surface area contributed by atoms with E-state index in [-0.39, 0.29) is 11.9 Å². The van der Waals surface area contributed by atoms with Crippen molar-refractivity contribution in [2.24, 2.45) is 0 Å². The van der Waals surface area contributed by atoms with E-state index in [0.717, 1.165) is 0 Å². The van der Waals surface area contributed by atoms with Gasteiger partial charge in [-0.3, -0.25) is 9.69 Å². The van der Waals surface area contributed by atoms with Gasteiger partial charge in [-0.05, 0) is 26.5 Å². The van der Waals surface area contributed by atoms with Crippen molar-refractivity contribution in [3.05, 3.63) is 35.6 Å². The summed E-state index contributed by atoms with van der Waals surface area (Å²) < 4.78 is 13.7. The summed E-state index contributed by atoms with van der Waals surface area (Å²) in [5, 5.41) is 8.98. The van der Waals surface area contributed by atoms with Crippen LogP contribution in [0.4, 0.5) is 4.39 Å². The van der Waals surface area contributed by atoms with Crippen LogP contribution in [0.15, 0.2) is 24.3 Å². The van der Waals surface area contributed by atoms with Gasteiger partial charge in [-0.15, -0.1) is 0 Å². The van der Waals surface area contributed by atoms with Gasteiger partial charge >= 0.3 is 5.97 Å². The Morgan fingerprint density at radius 3 is 2.53 bits per heavy atom. The molecule has 3 nitrogen and oxygen atoms in total. The minimum atomic E-state index is -0.901. The Hall–Kier alpha value is -1.42. The molecule has 0 aliphatic heterocycles. The molecule has 1 N–H and O–H groups in total. The highest BCUT2D eigenvalue weighted by molar-refractivity contribution is 5.72. The second-order valence-electron chi connectivity index (χ2n) is 4.13. The number of halogens is 1. The molecule has 4 heteroatoms. The Morgan fingerprint density at radius 2 is 2.06 bits per heavy atom. The Balaban J connectivity index is 3.00. The summed E-state index contributed by atoms with van der Waals surface area (Å²) >= 11 is 0. The van der Waals surface area contributed by atoms with Crippen molar-refractivity contribution in [3.63, 3.8) is 0 Å². The average molecular weight is 239 g/mol. The van der Waals surface area contributed by atoms with Crippen molar-refractivity contribution in [1.29, 1.82) is 0 Å². The quantitative estimate of drug-likeness (QED) is 0.858. The number of carboxylic acid groups (broad SMARTS) is 1. The molecule has 17 heavy (non-hydrogen) atoms. The Kier molecular flexibility index (Phi) is 4.63. The number of aliphatic carboxylic acids is 1. The third-order valence-electron chi connectivity index (χ3n) is 3.11. The van der Waals surface area contributed by atoms with E-state index in [1.165, 1.54) is 6.07 Å². The number of nitrogens with zero attached hydrogens (tertiary/aromatic N) is 1. The predicted octanol–water partition coefficient (Wildman–Crippen LogP) is 2.68. The summed E-state index contributed by atoms with van der Waals surface area (Å²) in [5.41, 5.74) is 0.547. The first-order valence-corrected chi connectivity index (χ1v) is 5.68. The minimum absolute atomic E-state index is 0.220. The molecule has 0 fully saturated rings. The van der Waals surface area contributed by atoms with Crippen molar-refractivity contribution in [2.75, 3.05) is 7.05 Å². The summed E-state index contributed by atoms with van der Waals surface area (Å²) in [7, 11) is 1.71. The maximum Gasteiger partial charge on any atom is 0.320 e. The monoisotopic (exact) mass is 239 g/mol. The first kappa shape index (κ1) is 13.6. The SMILES string of the molecule is CCC(c1ccccc1F)N(C)C(C)C(=O)O. The van der Waals surface area contributed by atoms with Gasteiger partial charge in [0.15, 0.2) is 0 Å². The standard InChI is InChI=1S/C13H18FNO2/c1-4-12(15(3)9(2)13(16)17)10-7-5-6-8-11(10)14/h5-9,12H,4H2,1-3H3,(H,16,17). The number of likely N-dealkylation sites (N-methyl/N-ethyl adjacent to an activating group) is 1. The van der Waals surface area contributed by atoms with Gasteiger partial charge in [0.1, 0.15) is 11.9 Å². The van der Waals surface area contributed by atoms with E-state index in [1.54, 1.807) is 37.1 Å². The van der Waals surface area contributed by atoms with Crippen LogP contribution in [0.1, 0.15) is 31.9 Å². The number of rotatable bonds is 5. The number of hydrogen-bond donors (Lipinski definition) is 1. The largest absolute Gasteiger partial charge is 0.480 e. The van der Waals surface area contributed by atoms with E-state index in [9.17, 15) is 9.18 Å². The van der Waals surface area contributed by atoms with Crippen molar-refractivity contribution < 1.29 is 14.3 Å². The lowest BCUT2D eigenvalue weighted by Gasteiger charge is -2.30. The molecule has 0 aliphatic rings. The predicted molar refractivity (Wildman–Crippen MR) is 64.3 cm³/mol. The Morgan fingerprint density at radius 1 is 1.47 bits per heavy atom. The second kappa shape index (κ2) is 5.77. The molecular weight excluding hydrogens is 221 g/mol. The maximum atomic E-state index is 13.7. The maximum absolute atomic E-state index is 13.7. The molecule has 1 aromatic rings. The van der Waals surface area contributed by atoms with E-state index >= 15 is 0 Å². The normalized spacial score (nSPS) is 14.6. The minimum Gasteiger partial charge on any atom is -0.480 e. The third kappa shape index (κ3) is 3.03. The van der Waals surface area contributed by atoms with Crippen LogP contribution in [-0.4, -0.2) is 29.1 Å². The van der Waals surface area contributed by atoms with Crippen LogP contribution < -0.4 is 0 Å². The van der Waals surface area contributed by atoms with Gasteiger partial charge in [0.05, 0.1) is 0 Å². The van der Waals surface area contributed by atoms with Gasteiger partial charge in [0.25, 0.3) is 0 Å². The number of carboxylic acids is 1. The summed E-state index contributed by atoms with van der Waals surface area (Å²) in [6.45, 7) is 3.52.